The molecule has 0 aliphatic rings. The van der Waals surface area contributed by atoms with Crippen molar-refractivity contribution in [2.75, 3.05) is 0 Å². The number of alkyl halides is 1. The van der Waals surface area contributed by atoms with Gasteiger partial charge in [0.25, 0.3) is 0 Å². The van der Waals surface area contributed by atoms with Crippen molar-refractivity contribution in [3.63, 3.8) is 0 Å². The molecule has 0 N–H and O–H groups in total. The van der Waals surface area contributed by atoms with Gasteiger partial charge in [-0.1, -0.05) is 84.2 Å². The molecule has 0 radical (unpaired) electrons. The summed E-state index contributed by atoms with van der Waals surface area (Å²) in [6.07, 6.45) is 0. The zero-order valence-corrected chi connectivity index (χ0v) is 16.2. The quantitative estimate of drug-likeness (QED) is 0.350. The van der Waals surface area contributed by atoms with Gasteiger partial charge in [-0.05, 0) is 52.6 Å². The maximum atomic E-state index is 3.89. The maximum Gasteiger partial charge on any atom is 0.0653 e. The van der Waals surface area contributed by atoms with Gasteiger partial charge in [-0.3, -0.25) is 0 Å². The van der Waals surface area contributed by atoms with Crippen molar-refractivity contribution in [1.82, 2.24) is 0 Å². The highest BCUT2D eigenvalue weighted by Crippen LogP contribution is 2.39. The summed E-state index contributed by atoms with van der Waals surface area (Å²) in [6.45, 7) is 2.17. The Morgan fingerprint density at radius 3 is 2.24 bits per heavy atom. The fourth-order valence-electron chi connectivity index (χ4n) is 2.63. The second-order valence-corrected chi connectivity index (χ2v) is 7.83. The first-order valence-electron chi connectivity index (χ1n) is 6.64. The van der Waals surface area contributed by atoms with E-state index < -0.39 is 0 Å². The Kier molecular flexibility index (Phi) is 4.53. The molecule has 0 saturated heterocycles. The first-order chi connectivity index (χ1) is 10.1. The molecule has 0 bridgehead atoms. The van der Waals surface area contributed by atoms with Gasteiger partial charge in [-0.25, -0.2) is 0 Å². The highest BCUT2D eigenvalue weighted by atomic mass is 79.9. The van der Waals surface area contributed by atoms with Crippen LogP contribution in [-0.4, -0.2) is 0 Å². The van der Waals surface area contributed by atoms with Crippen LogP contribution in [-0.2, 0) is 0 Å². The van der Waals surface area contributed by atoms with Gasteiger partial charge in [0.05, 0.1) is 4.83 Å². The standard InChI is InChI=1S/C18H13Br3/c1-11-6-7-12-4-2-3-5-16(12)17(11)18(21)13-8-14(19)10-15(20)9-13/h2-10,18H,1H3. The molecule has 0 aromatic heterocycles. The number of halogens is 3. The molecule has 106 valence electrons. The SMILES string of the molecule is Cc1ccc2ccccc2c1C(Br)c1cc(Br)cc(Br)c1. The molecular weight excluding hydrogens is 456 g/mol. The monoisotopic (exact) mass is 466 g/mol. The molecule has 3 aromatic carbocycles. The zero-order chi connectivity index (χ0) is 15.0. The van der Waals surface area contributed by atoms with Gasteiger partial charge in [0.2, 0.25) is 0 Å². The van der Waals surface area contributed by atoms with E-state index >= 15 is 0 Å². The summed E-state index contributed by atoms with van der Waals surface area (Å²) in [5, 5.41) is 2.58. The lowest BCUT2D eigenvalue weighted by atomic mass is 9.94. The first-order valence-corrected chi connectivity index (χ1v) is 9.15. The maximum absolute atomic E-state index is 3.89. The Hall–Kier alpha value is -0.640. The number of aryl methyl sites for hydroxylation is 1. The predicted molar refractivity (Wildman–Crippen MR) is 101 cm³/mol. The smallest absolute Gasteiger partial charge is 0.0653 e. The zero-order valence-electron chi connectivity index (χ0n) is 11.4. The Balaban J connectivity index is 2.21. The van der Waals surface area contributed by atoms with E-state index in [-0.39, 0.29) is 4.83 Å². The fourth-order valence-corrected chi connectivity index (χ4v) is 4.83. The average Bonchev–Trinajstić information content (AvgIpc) is 2.45. The molecule has 3 heteroatoms. The highest BCUT2D eigenvalue weighted by molar-refractivity contribution is 9.11. The molecule has 0 nitrogen and oxygen atoms in total. The van der Waals surface area contributed by atoms with Gasteiger partial charge in [0, 0.05) is 8.95 Å². The van der Waals surface area contributed by atoms with E-state index in [1.54, 1.807) is 0 Å². The third-order valence-electron chi connectivity index (χ3n) is 3.62. The summed E-state index contributed by atoms with van der Waals surface area (Å²) in [6, 6.07) is 19.3. The van der Waals surface area contributed by atoms with Crippen molar-refractivity contribution >= 4 is 58.6 Å². The van der Waals surface area contributed by atoms with Crippen LogP contribution in [0.2, 0.25) is 0 Å². The minimum Gasteiger partial charge on any atom is -0.0786 e. The first kappa shape index (κ1) is 15.3. The van der Waals surface area contributed by atoms with E-state index in [0.29, 0.717) is 0 Å². The topological polar surface area (TPSA) is 0 Å². The molecule has 3 rings (SSSR count). The van der Waals surface area contributed by atoms with Crippen molar-refractivity contribution in [1.29, 1.82) is 0 Å². The summed E-state index contributed by atoms with van der Waals surface area (Å²) < 4.78 is 2.16. The van der Waals surface area contributed by atoms with Gasteiger partial charge in [-0.2, -0.15) is 0 Å². The highest BCUT2D eigenvalue weighted by Gasteiger charge is 2.16. The lowest BCUT2D eigenvalue weighted by Gasteiger charge is -2.17. The average molecular weight is 469 g/mol. The van der Waals surface area contributed by atoms with E-state index in [1.807, 2.05) is 0 Å². The molecule has 0 saturated carbocycles. The van der Waals surface area contributed by atoms with E-state index in [4.69, 9.17) is 0 Å². The van der Waals surface area contributed by atoms with Gasteiger partial charge in [0.15, 0.2) is 0 Å². The lowest BCUT2D eigenvalue weighted by molar-refractivity contribution is 1.16. The van der Waals surface area contributed by atoms with E-state index in [2.05, 4.69) is 109 Å². The van der Waals surface area contributed by atoms with Crippen LogP contribution in [0.15, 0.2) is 63.5 Å². The molecule has 0 aliphatic carbocycles. The number of hydrogen-bond donors (Lipinski definition) is 0. The molecule has 0 heterocycles. The van der Waals surface area contributed by atoms with Crippen molar-refractivity contribution in [2.24, 2.45) is 0 Å². The largest absolute Gasteiger partial charge is 0.0786 e. The molecule has 0 fully saturated rings. The second kappa shape index (κ2) is 6.23. The Morgan fingerprint density at radius 2 is 1.52 bits per heavy atom. The molecule has 21 heavy (non-hydrogen) atoms. The summed E-state index contributed by atoms with van der Waals surface area (Å²) in [5.74, 6) is 0. The molecule has 1 unspecified atom stereocenters. The van der Waals surface area contributed by atoms with Crippen molar-refractivity contribution in [3.8, 4) is 0 Å². The molecule has 0 aliphatic heterocycles. The number of benzene rings is 3. The van der Waals surface area contributed by atoms with E-state index in [9.17, 15) is 0 Å². The summed E-state index contributed by atoms with van der Waals surface area (Å²) in [5.41, 5.74) is 3.86. The van der Waals surface area contributed by atoms with Crippen LogP contribution in [0.25, 0.3) is 10.8 Å². The van der Waals surface area contributed by atoms with Gasteiger partial charge < -0.3 is 0 Å². The lowest BCUT2D eigenvalue weighted by Crippen LogP contribution is -1.98. The van der Waals surface area contributed by atoms with Gasteiger partial charge in [0.1, 0.15) is 0 Å². The number of hydrogen-bond acceptors (Lipinski definition) is 0. The third kappa shape index (κ3) is 3.10. The number of rotatable bonds is 2. The number of fused-ring (bicyclic) bond motifs is 1. The molecule has 0 amide bonds. The van der Waals surface area contributed by atoms with Crippen molar-refractivity contribution in [3.05, 3.63) is 80.2 Å². The summed E-state index contributed by atoms with van der Waals surface area (Å²) in [7, 11) is 0. The van der Waals surface area contributed by atoms with Gasteiger partial charge >= 0.3 is 0 Å². The van der Waals surface area contributed by atoms with E-state index in [0.717, 1.165) is 8.95 Å². The normalized spacial score (nSPS) is 12.6. The third-order valence-corrected chi connectivity index (χ3v) is 5.52. The van der Waals surface area contributed by atoms with E-state index in [1.165, 1.54) is 27.5 Å². The molecular formula is C18H13Br3. The van der Waals surface area contributed by atoms with Crippen molar-refractivity contribution in [2.45, 2.75) is 11.8 Å². The Bertz CT molecular complexity index is 788. The minimum atomic E-state index is 0.164. The van der Waals surface area contributed by atoms with Crippen LogP contribution in [0.1, 0.15) is 21.5 Å². The van der Waals surface area contributed by atoms with Crippen LogP contribution in [0.5, 0.6) is 0 Å². The predicted octanol–water partition coefficient (Wildman–Crippen LogP) is 7.16. The van der Waals surface area contributed by atoms with Crippen LogP contribution >= 0.6 is 47.8 Å². The summed E-state index contributed by atoms with van der Waals surface area (Å²) >= 11 is 11.0. The van der Waals surface area contributed by atoms with Crippen LogP contribution < -0.4 is 0 Å². The van der Waals surface area contributed by atoms with Gasteiger partial charge in [-0.15, -0.1) is 0 Å². The Morgan fingerprint density at radius 1 is 0.857 bits per heavy atom. The minimum absolute atomic E-state index is 0.164. The van der Waals surface area contributed by atoms with Crippen molar-refractivity contribution < 1.29 is 0 Å². The summed E-state index contributed by atoms with van der Waals surface area (Å²) in [4.78, 5) is 0.164. The van der Waals surface area contributed by atoms with Crippen LogP contribution in [0.4, 0.5) is 0 Å². The Labute approximate surface area is 150 Å². The second-order valence-electron chi connectivity index (χ2n) is 5.08. The fraction of sp³-hybridized carbons (Fsp3) is 0.111. The molecule has 3 aromatic rings. The molecule has 0 spiro atoms. The van der Waals surface area contributed by atoms with Crippen LogP contribution in [0, 0.1) is 6.92 Å². The van der Waals surface area contributed by atoms with Crippen LogP contribution in [0.3, 0.4) is 0 Å². The molecule has 1 atom stereocenters.